The van der Waals surface area contributed by atoms with Gasteiger partial charge >= 0.3 is 0 Å². The molecule has 2 nitrogen and oxygen atoms in total. The van der Waals surface area contributed by atoms with Gasteiger partial charge in [0.1, 0.15) is 4.70 Å². The molecule has 2 heterocycles. The molecule has 1 aliphatic heterocycles. The number of thioether (sulfide) groups is 1. The van der Waals surface area contributed by atoms with E-state index in [4.69, 9.17) is 0 Å². The molecule has 0 saturated heterocycles. The van der Waals surface area contributed by atoms with E-state index in [1.54, 1.807) is 0 Å². The first-order valence-corrected chi connectivity index (χ1v) is 15.1. The van der Waals surface area contributed by atoms with E-state index >= 15 is 0 Å². The third kappa shape index (κ3) is 5.13. The van der Waals surface area contributed by atoms with Crippen molar-refractivity contribution in [2.45, 2.75) is 51.0 Å². The summed E-state index contributed by atoms with van der Waals surface area (Å²) in [5, 5.41) is 7.98. The summed E-state index contributed by atoms with van der Waals surface area (Å²) in [4.78, 5) is 3.91. The summed E-state index contributed by atoms with van der Waals surface area (Å²) >= 11 is 3.83. The second kappa shape index (κ2) is 12.2. The molecule has 0 fully saturated rings. The smallest absolute Gasteiger partial charge is 0.262 e. The fourth-order valence-corrected chi connectivity index (χ4v) is 7.68. The number of nitrogens with zero attached hydrogens (tertiary/aromatic N) is 2. The predicted octanol–water partition coefficient (Wildman–Crippen LogP) is 6.57. The van der Waals surface area contributed by atoms with Crippen LogP contribution in [0.2, 0.25) is 0 Å². The SMILES string of the molecule is CCCCN1/C(=C/C=C/c2sc3c4ccccc4ccc3[n+]2CCCC)Sc2c1ccc1ccccc21.[I-]. The number of rotatable bonds is 8. The number of fused-ring (bicyclic) bond motifs is 6. The Morgan fingerprint density at radius 3 is 2.32 bits per heavy atom. The summed E-state index contributed by atoms with van der Waals surface area (Å²) in [5.41, 5.74) is 2.70. The summed E-state index contributed by atoms with van der Waals surface area (Å²) in [6.07, 6.45) is 11.7. The molecule has 0 saturated carbocycles. The Bertz CT molecular complexity index is 1650. The van der Waals surface area contributed by atoms with Crippen LogP contribution in [0.4, 0.5) is 5.69 Å². The second-order valence-corrected chi connectivity index (χ2v) is 11.7. The first kappa shape index (κ1) is 27.2. The zero-order valence-electron chi connectivity index (χ0n) is 22.0. The fraction of sp³-hybridized carbons (Fsp3) is 0.242. The van der Waals surface area contributed by atoms with Gasteiger partial charge in [0.05, 0.1) is 10.7 Å². The molecule has 0 aliphatic carbocycles. The van der Waals surface area contributed by atoms with Gasteiger partial charge in [0, 0.05) is 35.4 Å². The van der Waals surface area contributed by atoms with Crippen LogP contribution in [-0.4, -0.2) is 6.54 Å². The third-order valence-electron chi connectivity index (χ3n) is 7.19. The average molecular weight is 649 g/mol. The van der Waals surface area contributed by atoms with Gasteiger partial charge in [-0.2, -0.15) is 4.57 Å². The first-order valence-electron chi connectivity index (χ1n) is 13.5. The fourth-order valence-electron chi connectivity index (χ4n) is 5.21. The van der Waals surface area contributed by atoms with E-state index in [1.165, 1.54) is 78.1 Å². The molecule has 5 heteroatoms. The highest BCUT2D eigenvalue weighted by atomic mass is 127. The molecular formula is C33H33IN2S2. The normalized spacial score (nSPS) is 14.3. The first-order chi connectivity index (χ1) is 18.3. The van der Waals surface area contributed by atoms with Gasteiger partial charge in [-0.1, -0.05) is 110 Å². The Morgan fingerprint density at radius 2 is 1.53 bits per heavy atom. The standard InChI is InChI=1S/C33H33N2S2.HI/c1-3-5-22-34-28-20-18-24-12-7-9-14-26(24)32(28)36-30(34)16-11-17-31-35(23-6-4-2)29-21-19-25-13-8-10-15-27(25)33(29)37-31;/h7-21H,3-6,22-23H2,1-2H3;1H/q+1;/p-1. The van der Waals surface area contributed by atoms with Crippen molar-refractivity contribution >= 4 is 66.6 Å². The van der Waals surface area contributed by atoms with Crippen molar-refractivity contribution in [1.29, 1.82) is 0 Å². The lowest BCUT2D eigenvalue weighted by atomic mass is 10.1. The number of thiazole rings is 1. The van der Waals surface area contributed by atoms with Gasteiger partial charge in [0.15, 0.2) is 6.54 Å². The molecule has 0 radical (unpaired) electrons. The quantitative estimate of drug-likeness (QED) is 0.139. The van der Waals surface area contributed by atoms with Gasteiger partial charge < -0.3 is 28.9 Å². The van der Waals surface area contributed by atoms with E-state index in [9.17, 15) is 0 Å². The van der Waals surface area contributed by atoms with Gasteiger partial charge in [-0.25, -0.2) is 0 Å². The van der Waals surface area contributed by atoms with Gasteiger partial charge in [-0.15, -0.1) is 0 Å². The molecule has 4 aromatic carbocycles. The van der Waals surface area contributed by atoms with E-state index in [1.807, 2.05) is 23.1 Å². The molecule has 6 rings (SSSR count). The van der Waals surface area contributed by atoms with Crippen LogP contribution in [0.25, 0.3) is 37.8 Å². The van der Waals surface area contributed by atoms with Gasteiger partial charge in [0.25, 0.3) is 5.01 Å². The number of hydrogen-bond donors (Lipinski definition) is 0. The van der Waals surface area contributed by atoms with Gasteiger partial charge in [-0.3, -0.25) is 0 Å². The van der Waals surface area contributed by atoms with Crippen LogP contribution in [0.1, 0.15) is 44.5 Å². The highest BCUT2D eigenvalue weighted by Gasteiger charge is 2.26. The van der Waals surface area contributed by atoms with E-state index in [2.05, 4.69) is 114 Å². The molecule has 0 N–H and O–H groups in total. The molecule has 38 heavy (non-hydrogen) atoms. The monoisotopic (exact) mass is 648 g/mol. The van der Waals surface area contributed by atoms with E-state index < -0.39 is 0 Å². The number of hydrogen-bond acceptors (Lipinski definition) is 3. The minimum absolute atomic E-state index is 0. The number of halogens is 1. The highest BCUT2D eigenvalue weighted by molar-refractivity contribution is 8.04. The predicted molar refractivity (Wildman–Crippen MR) is 164 cm³/mol. The number of aryl methyl sites for hydroxylation is 1. The molecule has 1 aliphatic rings. The maximum Gasteiger partial charge on any atom is 0.262 e. The molecule has 0 atom stereocenters. The number of allylic oxidation sites excluding steroid dienone is 2. The van der Waals surface area contributed by atoms with Crippen molar-refractivity contribution in [2.24, 2.45) is 0 Å². The van der Waals surface area contributed by atoms with Crippen LogP contribution < -0.4 is 33.4 Å². The molecule has 5 aromatic rings. The maximum absolute atomic E-state index is 2.52. The van der Waals surface area contributed by atoms with Crippen molar-refractivity contribution in [3.63, 3.8) is 0 Å². The Balaban J connectivity index is 0.00000294. The third-order valence-corrected chi connectivity index (χ3v) is 9.59. The Labute approximate surface area is 251 Å². The van der Waals surface area contributed by atoms with Crippen LogP contribution >= 0.6 is 23.1 Å². The van der Waals surface area contributed by atoms with Crippen molar-refractivity contribution in [2.75, 3.05) is 11.4 Å². The Morgan fingerprint density at radius 1 is 0.816 bits per heavy atom. The Hall–Kier alpha value is -2.35. The minimum Gasteiger partial charge on any atom is -1.00 e. The summed E-state index contributed by atoms with van der Waals surface area (Å²) in [6.45, 7) is 6.65. The summed E-state index contributed by atoms with van der Waals surface area (Å²) in [6, 6.07) is 26.7. The van der Waals surface area contributed by atoms with E-state index in [0.717, 1.165) is 13.1 Å². The number of anilines is 1. The number of aromatic nitrogens is 1. The van der Waals surface area contributed by atoms with Crippen LogP contribution in [0.5, 0.6) is 0 Å². The van der Waals surface area contributed by atoms with Crippen LogP contribution in [0, 0.1) is 0 Å². The lowest BCUT2D eigenvalue weighted by Gasteiger charge is -2.20. The lowest BCUT2D eigenvalue weighted by Crippen LogP contribution is -3.00. The van der Waals surface area contributed by atoms with Crippen LogP contribution in [-0.2, 0) is 6.54 Å². The maximum atomic E-state index is 2.52. The molecule has 194 valence electrons. The highest BCUT2D eigenvalue weighted by Crippen LogP contribution is 2.49. The summed E-state index contributed by atoms with van der Waals surface area (Å²) in [5.74, 6) is 0. The average Bonchev–Trinajstić information content (AvgIpc) is 3.48. The topological polar surface area (TPSA) is 7.12 Å². The Kier molecular flexibility index (Phi) is 8.76. The largest absolute Gasteiger partial charge is 1.00 e. The minimum atomic E-state index is 0. The molecular weight excluding hydrogens is 615 g/mol. The molecule has 1 aromatic heterocycles. The van der Waals surface area contributed by atoms with E-state index in [0.29, 0.717) is 0 Å². The van der Waals surface area contributed by atoms with Crippen LogP contribution in [0.15, 0.2) is 94.9 Å². The summed E-state index contributed by atoms with van der Waals surface area (Å²) < 4.78 is 3.91. The molecule has 0 bridgehead atoms. The molecule has 0 unspecified atom stereocenters. The van der Waals surface area contributed by atoms with Crippen molar-refractivity contribution in [1.82, 2.24) is 0 Å². The molecule has 0 amide bonds. The van der Waals surface area contributed by atoms with E-state index in [-0.39, 0.29) is 24.0 Å². The van der Waals surface area contributed by atoms with Gasteiger partial charge in [0.2, 0.25) is 5.52 Å². The molecule has 0 spiro atoms. The zero-order chi connectivity index (χ0) is 25.2. The van der Waals surface area contributed by atoms with Gasteiger partial charge in [-0.05, 0) is 40.8 Å². The summed E-state index contributed by atoms with van der Waals surface area (Å²) in [7, 11) is 0. The van der Waals surface area contributed by atoms with Crippen molar-refractivity contribution in [3.05, 3.63) is 95.0 Å². The number of unbranched alkanes of at least 4 members (excludes halogenated alkanes) is 2. The second-order valence-electron chi connectivity index (χ2n) is 9.69. The lowest BCUT2D eigenvalue weighted by molar-refractivity contribution is -0.669. The zero-order valence-corrected chi connectivity index (χ0v) is 25.8. The van der Waals surface area contributed by atoms with Crippen LogP contribution in [0.3, 0.4) is 0 Å². The van der Waals surface area contributed by atoms with Crippen molar-refractivity contribution < 1.29 is 28.5 Å². The number of benzene rings is 4. The van der Waals surface area contributed by atoms with Crippen molar-refractivity contribution in [3.8, 4) is 0 Å².